The predicted octanol–water partition coefficient (Wildman–Crippen LogP) is 4.16. The van der Waals surface area contributed by atoms with Crippen LogP contribution in [-0.4, -0.2) is 17.6 Å². The molecule has 0 radical (unpaired) electrons. The van der Waals surface area contributed by atoms with Crippen LogP contribution in [0, 0.1) is 6.92 Å². The summed E-state index contributed by atoms with van der Waals surface area (Å²) in [7, 11) is 0. The highest BCUT2D eigenvalue weighted by Gasteiger charge is 2.26. The number of furan rings is 1. The molecule has 1 aliphatic heterocycles. The maximum absolute atomic E-state index is 12.6. The Morgan fingerprint density at radius 1 is 1.18 bits per heavy atom. The molecule has 0 fully saturated rings. The van der Waals surface area contributed by atoms with Crippen LogP contribution in [0.15, 0.2) is 70.2 Å². The van der Waals surface area contributed by atoms with Gasteiger partial charge in [0.25, 0.3) is 5.91 Å². The molecule has 1 aliphatic rings. The molecule has 0 saturated carbocycles. The van der Waals surface area contributed by atoms with Crippen LogP contribution in [0.3, 0.4) is 0 Å². The molecule has 142 valence electrons. The molecule has 2 heterocycles. The third-order valence-corrected chi connectivity index (χ3v) is 5.80. The lowest BCUT2D eigenvalue weighted by Gasteiger charge is -2.30. The van der Waals surface area contributed by atoms with E-state index in [9.17, 15) is 9.59 Å². The van der Waals surface area contributed by atoms with Crippen molar-refractivity contribution in [3.05, 3.63) is 83.3 Å². The van der Waals surface area contributed by atoms with Gasteiger partial charge in [-0.15, -0.1) is 11.8 Å². The topological polar surface area (TPSA) is 62.6 Å². The molecule has 0 unspecified atom stereocenters. The molecule has 3 aromatic rings. The van der Waals surface area contributed by atoms with Gasteiger partial charge in [0.1, 0.15) is 5.76 Å². The highest BCUT2D eigenvalue weighted by Crippen LogP contribution is 2.37. The summed E-state index contributed by atoms with van der Waals surface area (Å²) in [5.41, 5.74) is 3.55. The lowest BCUT2D eigenvalue weighted by Crippen LogP contribution is -2.35. The van der Waals surface area contributed by atoms with Gasteiger partial charge in [0.15, 0.2) is 0 Å². The smallest absolute Gasteiger partial charge is 0.251 e. The molecule has 0 saturated heterocycles. The molecule has 2 aromatic carbocycles. The van der Waals surface area contributed by atoms with E-state index in [0.29, 0.717) is 30.2 Å². The normalized spacial score (nSPS) is 13.3. The highest BCUT2D eigenvalue weighted by atomic mass is 32.2. The first-order chi connectivity index (χ1) is 13.6. The van der Waals surface area contributed by atoms with Crippen LogP contribution in [0.25, 0.3) is 0 Å². The first-order valence-corrected chi connectivity index (χ1v) is 10.0. The van der Waals surface area contributed by atoms with Crippen LogP contribution in [-0.2, 0) is 17.9 Å². The third kappa shape index (κ3) is 3.82. The molecule has 28 heavy (non-hydrogen) atoms. The maximum atomic E-state index is 12.6. The largest absolute Gasteiger partial charge is 0.467 e. The van der Waals surface area contributed by atoms with Crippen LogP contribution >= 0.6 is 11.8 Å². The number of nitrogens with zero attached hydrogens (tertiary/aromatic N) is 1. The maximum Gasteiger partial charge on any atom is 0.251 e. The van der Waals surface area contributed by atoms with Gasteiger partial charge in [-0.3, -0.25) is 9.59 Å². The predicted molar refractivity (Wildman–Crippen MR) is 109 cm³/mol. The monoisotopic (exact) mass is 392 g/mol. The van der Waals surface area contributed by atoms with E-state index in [2.05, 4.69) is 5.32 Å². The van der Waals surface area contributed by atoms with Crippen LogP contribution < -0.4 is 10.2 Å². The third-order valence-electron chi connectivity index (χ3n) is 4.76. The summed E-state index contributed by atoms with van der Waals surface area (Å²) in [6.07, 6.45) is 1.58. The number of amides is 2. The van der Waals surface area contributed by atoms with Gasteiger partial charge in [0, 0.05) is 10.5 Å². The van der Waals surface area contributed by atoms with Crippen molar-refractivity contribution in [3.8, 4) is 0 Å². The van der Waals surface area contributed by atoms with Crippen LogP contribution in [0.2, 0.25) is 0 Å². The highest BCUT2D eigenvalue weighted by molar-refractivity contribution is 8.00. The fourth-order valence-corrected chi connectivity index (χ4v) is 4.07. The second-order valence-corrected chi connectivity index (χ2v) is 7.66. The van der Waals surface area contributed by atoms with E-state index in [1.165, 1.54) is 11.8 Å². The molecular formula is C22H20N2O3S. The summed E-state index contributed by atoms with van der Waals surface area (Å²) in [4.78, 5) is 28.0. The van der Waals surface area contributed by atoms with Gasteiger partial charge < -0.3 is 14.6 Å². The number of rotatable bonds is 5. The number of fused-ring (bicyclic) bond motifs is 1. The van der Waals surface area contributed by atoms with Crippen LogP contribution in [0.5, 0.6) is 0 Å². The minimum Gasteiger partial charge on any atom is -0.467 e. The minimum atomic E-state index is -0.196. The quantitative estimate of drug-likeness (QED) is 0.708. The lowest BCUT2D eigenvalue weighted by atomic mass is 10.1. The zero-order chi connectivity index (χ0) is 19.5. The van der Waals surface area contributed by atoms with E-state index in [1.807, 2.05) is 43.3 Å². The molecule has 5 nitrogen and oxygen atoms in total. The number of carbonyl (C=O) groups excluding carboxylic acids is 2. The number of carbonyl (C=O) groups is 2. The second kappa shape index (κ2) is 7.94. The average molecular weight is 392 g/mol. The Labute approximate surface area is 167 Å². The van der Waals surface area contributed by atoms with Crippen molar-refractivity contribution in [2.75, 3.05) is 10.7 Å². The van der Waals surface area contributed by atoms with E-state index in [4.69, 9.17) is 4.42 Å². The lowest BCUT2D eigenvalue weighted by molar-refractivity contribution is -0.116. The van der Waals surface area contributed by atoms with Gasteiger partial charge in [-0.25, -0.2) is 0 Å². The Balaban J connectivity index is 1.58. The van der Waals surface area contributed by atoms with E-state index < -0.39 is 0 Å². The van der Waals surface area contributed by atoms with Crippen molar-refractivity contribution in [2.45, 2.75) is 24.9 Å². The second-order valence-electron chi connectivity index (χ2n) is 6.64. The molecule has 1 N–H and O–H groups in total. The molecule has 1 aromatic heterocycles. The van der Waals surface area contributed by atoms with Crippen LogP contribution in [0.1, 0.15) is 27.2 Å². The van der Waals surface area contributed by atoms with Crippen molar-refractivity contribution >= 4 is 29.3 Å². The SMILES string of the molecule is Cc1ccccc1CN1C(=O)CSc2ccc(C(=O)NCc3ccco3)cc21. The summed E-state index contributed by atoms with van der Waals surface area (Å²) < 4.78 is 5.25. The van der Waals surface area contributed by atoms with Crippen molar-refractivity contribution in [3.63, 3.8) is 0 Å². The molecule has 0 bridgehead atoms. The van der Waals surface area contributed by atoms with E-state index >= 15 is 0 Å². The van der Waals surface area contributed by atoms with Crippen molar-refractivity contribution in [1.82, 2.24) is 5.32 Å². The summed E-state index contributed by atoms with van der Waals surface area (Å²) in [5.74, 6) is 0.952. The fraction of sp³-hybridized carbons (Fsp3) is 0.182. The Hall–Kier alpha value is -2.99. The fourth-order valence-electron chi connectivity index (χ4n) is 3.16. The minimum absolute atomic E-state index is 0.0499. The van der Waals surface area contributed by atoms with E-state index in [-0.39, 0.29) is 11.8 Å². The Morgan fingerprint density at radius 2 is 2.04 bits per heavy atom. The number of aryl methyl sites for hydroxylation is 1. The summed E-state index contributed by atoms with van der Waals surface area (Å²) in [5, 5.41) is 2.85. The zero-order valence-electron chi connectivity index (χ0n) is 15.5. The first kappa shape index (κ1) is 18.4. The summed E-state index contributed by atoms with van der Waals surface area (Å²) in [6.45, 7) is 2.86. The van der Waals surface area contributed by atoms with Gasteiger partial charge >= 0.3 is 0 Å². The summed E-state index contributed by atoms with van der Waals surface area (Å²) in [6, 6.07) is 17.1. The van der Waals surface area contributed by atoms with Crippen LogP contribution in [0.4, 0.5) is 5.69 Å². The van der Waals surface area contributed by atoms with Gasteiger partial charge in [-0.1, -0.05) is 24.3 Å². The molecule has 6 heteroatoms. The summed E-state index contributed by atoms with van der Waals surface area (Å²) >= 11 is 1.51. The number of anilines is 1. The number of thioether (sulfide) groups is 1. The van der Waals surface area contributed by atoms with Gasteiger partial charge in [0.2, 0.25) is 5.91 Å². The van der Waals surface area contributed by atoms with Gasteiger partial charge in [-0.2, -0.15) is 0 Å². The van der Waals surface area contributed by atoms with Crippen molar-refractivity contribution in [1.29, 1.82) is 0 Å². The van der Waals surface area contributed by atoms with Crippen molar-refractivity contribution in [2.24, 2.45) is 0 Å². The number of nitrogens with one attached hydrogen (secondary N) is 1. The number of hydrogen-bond acceptors (Lipinski definition) is 4. The molecule has 0 spiro atoms. The molecule has 0 atom stereocenters. The first-order valence-electron chi connectivity index (χ1n) is 9.04. The molecule has 4 rings (SSSR count). The average Bonchev–Trinajstić information content (AvgIpc) is 3.23. The van der Waals surface area contributed by atoms with E-state index in [0.717, 1.165) is 21.7 Å². The van der Waals surface area contributed by atoms with E-state index in [1.54, 1.807) is 29.4 Å². The van der Waals surface area contributed by atoms with Gasteiger partial charge in [0.05, 0.1) is 30.8 Å². The standard InChI is InChI=1S/C22H20N2O3S/c1-15-5-2-3-6-17(15)13-24-19-11-16(8-9-20(19)28-14-21(24)25)22(26)23-12-18-7-4-10-27-18/h2-11H,12-14H2,1H3,(H,23,26). The van der Waals surface area contributed by atoms with Crippen molar-refractivity contribution < 1.29 is 14.0 Å². The number of hydrogen-bond donors (Lipinski definition) is 1. The Bertz CT molecular complexity index is 1010. The van der Waals surface area contributed by atoms with Gasteiger partial charge in [-0.05, 0) is 48.4 Å². The molecular weight excluding hydrogens is 372 g/mol. The number of benzene rings is 2. The Kier molecular flexibility index (Phi) is 5.21. The molecule has 0 aliphatic carbocycles. The molecule has 2 amide bonds. The zero-order valence-corrected chi connectivity index (χ0v) is 16.3. The Morgan fingerprint density at radius 3 is 2.82 bits per heavy atom.